The molecule has 29 heavy (non-hydrogen) atoms. The summed E-state index contributed by atoms with van der Waals surface area (Å²) in [6.45, 7) is 2.23. The number of rotatable bonds is 7. The van der Waals surface area contributed by atoms with Crippen molar-refractivity contribution in [1.29, 1.82) is 0 Å². The number of aromatic amines is 1. The summed E-state index contributed by atoms with van der Waals surface area (Å²) in [4.78, 5) is 41.9. The highest BCUT2D eigenvalue weighted by Gasteiger charge is 2.15. The van der Waals surface area contributed by atoms with Gasteiger partial charge < -0.3 is 20.5 Å². The molecule has 0 aliphatic carbocycles. The van der Waals surface area contributed by atoms with E-state index in [9.17, 15) is 14.4 Å². The molecule has 3 rings (SSSR count). The Morgan fingerprint density at radius 3 is 2.48 bits per heavy atom. The monoisotopic (exact) mass is 392 g/mol. The predicted octanol–water partition coefficient (Wildman–Crippen LogP) is 1.90. The van der Waals surface area contributed by atoms with Crippen LogP contribution in [0.25, 0.3) is 10.9 Å². The molecule has 0 aliphatic heterocycles. The fourth-order valence-corrected chi connectivity index (χ4v) is 2.97. The number of hydrogen-bond acceptors (Lipinski definition) is 4. The smallest absolute Gasteiger partial charge is 0.257 e. The maximum Gasteiger partial charge on any atom is 0.257 e. The maximum atomic E-state index is 12.5. The Balaban J connectivity index is 1.52. The molecular formula is C22H24N4O3. The quantitative estimate of drug-likeness (QED) is 0.572. The van der Waals surface area contributed by atoms with Crippen molar-refractivity contribution < 1.29 is 9.59 Å². The van der Waals surface area contributed by atoms with Crippen molar-refractivity contribution in [3.05, 3.63) is 76.6 Å². The van der Waals surface area contributed by atoms with E-state index < -0.39 is 5.91 Å². The van der Waals surface area contributed by atoms with E-state index in [1.54, 1.807) is 24.3 Å². The van der Waals surface area contributed by atoms with Crippen LogP contribution in [-0.2, 0) is 4.79 Å². The first-order valence-electron chi connectivity index (χ1n) is 9.40. The van der Waals surface area contributed by atoms with Crippen LogP contribution in [0.1, 0.15) is 17.3 Å². The van der Waals surface area contributed by atoms with Crippen LogP contribution in [0, 0.1) is 0 Å². The van der Waals surface area contributed by atoms with Crippen molar-refractivity contribution in [2.45, 2.75) is 13.0 Å². The zero-order valence-corrected chi connectivity index (χ0v) is 16.4. The molecule has 1 aromatic heterocycles. The highest BCUT2D eigenvalue weighted by Crippen LogP contribution is 2.13. The van der Waals surface area contributed by atoms with Gasteiger partial charge in [-0.25, -0.2) is 0 Å². The van der Waals surface area contributed by atoms with E-state index in [4.69, 9.17) is 0 Å². The van der Waals surface area contributed by atoms with Crippen LogP contribution >= 0.6 is 0 Å². The molecule has 3 N–H and O–H groups in total. The fourth-order valence-electron chi connectivity index (χ4n) is 2.97. The van der Waals surface area contributed by atoms with E-state index in [0.29, 0.717) is 17.4 Å². The number of carbonyl (C=O) groups excluding carboxylic acids is 2. The van der Waals surface area contributed by atoms with Crippen molar-refractivity contribution in [2.75, 3.05) is 25.0 Å². The largest absolute Gasteiger partial charge is 0.370 e. The van der Waals surface area contributed by atoms with Crippen LogP contribution in [0.2, 0.25) is 0 Å². The van der Waals surface area contributed by atoms with E-state index in [1.165, 1.54) is 6.20 Å². The van der Waals surface area contributed by atoms with E-state index in [0.717, 1.165) is 5.69 Å². The molecule has 0 fully saturated rings. The number of nitrogens with one attached hydrogen (secondary N) is 3. The molecule has 7 nitrogen and oxygen atoms in total. The lowest BCUT2D eigenvalue weighted by molar-refractivity contribution is -0.120. The Labute approximate surface area is 168 Å². The van der Waals surface area contributed by atoms with Crippen LogP contribution in [-0.4, -0.2) is 43.0 Å². The third-order valence-corrected chi connectivity index (χ3v) is 4.86. The molecule has 1 heterocycles. The Morgan fingerprint density at radius 1 is 1.03 bits per heavy atom. The van der Waals surface area contributed by atoms with Gasteiger partial charge in [-0.2, -0.15) is 0 Å². The maximum absolute atomic E-state index is 12.5. The summed E-state index contributed by atoms with van der Waals surface area (Å²) in [5.41, 5.74) is 1.32. The van der Waals surface area contributed by atoms with Gasteiger partial charge in [0.1, 0.15) is 5.56 Å². The Morgan fingerprint density at radius 2 is 1.72 bits per heavy atom. The van der Waals surface area contributed by atoms with Crippen molar-refractivity contribution >= 4 is 28.4 Å². The first-order valence-corrected chi connectivity index (χ1v) is 9.40. The average Bonchev–Trinajstić information content (AvgIpc) is 2.76. The molecule has 0 spiro atoms. The van der Waals surface area contributed by atoms with Crippen LogP contribution in [0.5, 0.6) is 0 Å². The zero-order valence-electron chi connectivity index (χ0n) is 16.4. The standard InChI is InChI=1S/C22H24N4O3/c1-15(26(2)16-8-4-3-5-9-16)12-24-20(27)14-25-22(29)18-13-23-19-11-7-6-10-17(19)21(18)28/h3-11,13,15H,12,14H2,1-2H3,(H,23,28)(H,24,27)(H,25,29). The highest BCUT2D eigenvalue weighted by molar-refractivity contribution is 5.98. The molecule has 0 bridgehead atoms. The molecule has 2 amide bonds. The Hall–Kier alpha value is -3.61. The first kappa shape index (κ1) is 20.1. The van der Waals surface area contributed by atoms with Gasteiger partial charge in [0.15, 0.2) is 0 Å². The zero-order chi connectivity index (χ0) is 20.8. The number of benzene rings is 2. The number of anilines is 1. The van der Waals surface area contributed by atoms with E-state index in [1.807, 2.05) is 44.3 Å². The normalized spacial score (nSPS) is 11.7. The van der Waals surface area contributed by atoms with Gasteiger partial charge in [-0.1, -0.05) is 30.3 Å². The SMILES string of the molecule is CC(CNC(=O)CNC(=O)c1c[nH]c2ccccc2c1=O)N(C)c1ccccc1. The van der Waals surface area contributed by atoms with E-state index in [-0.39, 0.29) is 29.5 Å². The van der Waals surface area contributed by atoms with E-state index in [2.05, 4.69) is 20.5 Å². The molecule has 3 aromatic rings. The number of fused-ring (bicyclic) bond motifs is 1. The number of likely N-dealkylation sites (N-methyl/N-ethyl adjacent to an activating group) is 1. The second-order valence-corrected chi connectivity index (χ2v) is 6.86. The van der Waals surface area contributed by atoms with Gasteiger partial charge in [0.2, 0.25) is 11.3 Å². The van der Waals surface area contributed by atoms with E-state index >= 15 is 0 Å². The summed E-state index contributed by atoms with van der Waals surface area (Å²) in [7, 11) is 1.96. The van der Waals surface area contributed by atoms with Crippen molar-refractivity contribution in [2.24, 2.45) is 0 Å². The second kappa shape index (κ2) is 9.05. The summed E-state index contributed by atoms with van der Waals surface area (Å²) in [6, 6.07) is 16.9. The second-order valence-electron chi connectivity index (χ2n) is 6.86. The lowest BCUT2D eigenvalue weighted by atomic mass is 10.1. The summed E-state index contributed by atoms with van der Waals surface area (Å²) >= 11 is 0. The van der Waals surface area contributed by atoms with Crippen molar-refractivity contribution in [3.8, 4) is 0 Å². The molecular weight excluding hydrogens is 368 g/mol. The topological polar surface area (TPSA) is 94.3 Å². The number of nitrogens with zero attached hydrogens (tertiary/aromatic N) is 1. The molecule has 0 saturated carbocycles. The number of carbonyl (C=O) groups is 2. The predicted molar refractivity (Wildman–Crippen MR) is 114 cm³/mol. The number of pyridine rings is 1. The molecule has 7 heteroatoms. The number of aromatic nitrogens is 1. The summed E-state index contributed by atoms with van der Waals surface area (Å²) in [6.07, 6.45) is 1.37. The van der Waals surface area contributed by atoms with Crippen LogP contribution < -0.4 is 21.0 Å². The number of hydrogen-bond donors (Lipinski definition) is 3. The first-order chi connectivity index (χ1) is 14.0. The average molecular weight is 392 g/mol. The third-order valence-electron chi connectivity index (χ3n) is 4.86. The van der Waals surface area contributed by atoms with Gasteiger partial charge in [0, 0.05) is 42.4 Å². The summed E-state index contributed by atoms with van der Waals surface area (Å²) in [5.74, 6) is -0.898. The Kier molecular flexibility index (Phi) is 6.29. The fraction of sp³-hybridized carbons (Fsp3) is 0.227. The number of amides is 2. The lowest BCUT2D eigenvalue weighted by Crippen LogP contribution is -2.44. The Bertz CT molecular complexity index is 1060. The molecule has 2 aromatic carbocycles. The summed E-state index contributed by atoms with van der Waals surface area (Å²) < 4.78 is 0. The van der Waals surface area contributed by atoms with Gasteiger partial charge in [-0.15, -0.1) is 0 Å². The van der Waals surface area contributed by atoms with Gasteiger partial charge in [-0.3, -0.25) is 14.4 Å². The minimum atomic E-state index is -0.582. The summed E-state index contributed by atoms with van der Waals surface area (Å²) in [5, 5.41) is 5.74. The van der Waals surface area contributed by atoms with Crippen LogP contribution in [0.4, 0.5) is 5.69 Å². The molecule has 150 valence electrons. The lowest BCUT2D eigenvalue weighted by Gasteiger charge is -2.27. The third kappa shape index (κ3) is 4.82. The molecule has 0 aliphatic rings. The molecule has 0 saturated heterocycles. The van der Waals surface area contributed by atoms with Crippen LogP contribution in [0.15, 0.2) is 65.6 Å². The van der Waals surface area contributed by atoms with Gasteiger partial charge in [0.05, 0.1) is 6.54 Å². The number of H-pyrrole nitrogens is 1. The van der Waals surface area contributed by atoms with Crippen molar-refractivity contribution in [1.82, 2.24) is 15.6 Å². The molecule has 1 atom stereocenters. The van der Waals surface area contributed by atoms with Gasteiger partial charge in [0.25, 0.3) is 5.91 Å². The van der Waals surface area contributed by atoms with Gasteiger partial charge >= 0.3 is 0 Å². The molecule has 0 radical (unpaired) electrons. The number of para-hydroxylation sites is 2. The highest BCUT2D eigenvalue weighted by atomic mass is 16.2. The minimum absolute atomic E-state index is 0.0197. The van der Waals surface area contributed by atoms with Crippen LogP contribution in [0.3, 0.4) is 0 Å². The molecule has 1 unspecified atom stereocenters. The minimum Gasteiger partial charge on any atom is -0.370 e. The van der Waals surface area contributed by atoms with Gasteiger partial charge in [-0.05, 0) is 31.2 Å². The van der Waals surface area contributed by atoms with Crippen molar-refractivity contribution in [3.63, 3.8) is 0 Å².